The molecule has 0 radical (unpaired) electrons. The van der Waals surface area contributed by atoms with Crippen molar-refractivity contribution in [2.45, 2.75) is 93.3 Å². The Labute approximate surface area is 159 Å². The van der Waals surface area contributed by atoms with Crippen molar-refractivity contribution < 1.29 is 4.43 Å². The van der Waals surface area contributed by atoms with Crippen LogP contribution in [0.1, 0.15) is 75.2 Å². The molecule has 0 aromatic carbocycles. The molecule has 146 valence electrons. The maximum absolute atomic E-state index is 6.39. The lowest BCUT2D eigenvalue weighted by molar-refractivity contribution is 0.217. The third-order valence-corrected chi connectivity index (χ3v) is 9.90. The molecule has 0 aromatic rings. The molecular formula is C23H44OSi. The van der Waals surface area contributed by atoms with Crippen LogP contribution >= 0.6 is 0 Å². The molecule has 2 atom stereocenters. The zero-order chi connectivity index (χ0) is 19.8. The maximum Gasteiger partial charge on any atom is 0.191 e. The van der Waals surface area contributed by atoms with E-state index in [2.05, 4.69) is 93.6 Å². The molecule has 0 aliphatic rings. The van der Waals surface area contributed by atoms with Gasteiger partial charge in [0.1, 0.15) is 0 Å². The lowest BCUT2D eigenvalue weighted by Crippen LogP contribution is -2.41. The second-order valence-electron chi connectivity index (χ2n) is 9.63. The van der Waals surface area contributed by atoms with Gasteiger partial charge in [0.2, 0.25) is 0 Å². The third kappa shape index (κ3) is 10.2. The molecule has 0 aromatic heterocycles. The maximum atomic E-state index is 6.39. The SMILES string of the molecule is C/C=C(C)/C=C(C)/C=C(\C)C[C@H](C)C[C@H](C)CO[Si](C)(C)C(C)(C)C. The summed E-state index contributed by atoms with van der Waals surface area (Å²) in [4.78, 5) is 0. The summed E-state index contributed by atoms with van der Waals surface area (Å²) < 4.78 is 6.39. The molecule has 0 saturated carbocycles. The van der Waals surface area contributed by atoms with Crippen molar-refractivity contribution in [3.63, 3.8) is 0 Å². The van der Waals surface area contributed by atoms with Gasteiger partial charge in [-0.2, -0.15) is 0 Å². The van der Waals surface area contributed by atoms with Crippen LogP contribution in [-0.4, -0.2) is 14.9 Å². The number of allylic oxidation sites excluding steroid dienone is 6. The monoisotopic (exact) mass is 364 g/mol. The summed E-state index contributed by atoms with van der Waals surface area (Å²) in [5.41, 5.74) is 4.14. The van der Waals surface area contributed by atoms with Gasteiger partial charge in [0, 0.05) is 6.61 Å². The van der Waals surface area contributed by atoms with Gasteiger partial charge in [0.15, 0.2) is 8.32 Å². The number of hydrogen-bond donors (Lipinski definition) is 0. The average Bonchev–Trinajstić information content (AvgIpc) is 2.43. The lowest BCUT2D eigenvalue weighted by atomic mass is 9.92. The number of rotatable bonds is 9. The summed E-state index contributed by atoms with van der Waals surface area (Å²) >= 11 is 0. The minimum absolute atomic E-state index is 0.298. The fourth-order valence-electron chi connectivity index (χ4n) is 2.89. The van der Waals surface area contributed by atoms with Gasteiger partial charge >= 0.3 is 0 Å². The van der Waals surface area contributed by atoms with Crippen LogP contribution in [0.4, 0.5) is 0 Å². The van der Waals surface area contributed by atoms with Crippen molar-refractivity contribution in [2.24, 2.45) is 11.8 Å². The van der Waals surface area contributed by atoms with E-state index in [-0.39, 0.29) is 0 Å². The predicted molar refractivity (Wildman–Crippen MR) is 118 cm³/mol. The first-order valence-corrected chi connectivity index (χ1v) is 12.8. The highest BCUT2D eigenvalue weighted by Gasteiger charge is 2.37. The fraction of sp³-hybridized carbons (Fsp3) is 0.739. The van der Waals surface area contributed by atoms with Crippen molar-refractivity contribution in [2.75, 3.05) is 6.61 Å². The number of hydrogen-bond acceptors (Lipinski definition) is 1. The highest BCUT2D eigenvalue weighted by molar-refractivity contribution is 6.74. The molecular weight excluding hydrogens is 320 g/mol. The second kappa shape index (κ2) is 10.5. The Morgan fingerprint density at radius 1 is 0.960 bits per heavy atom. The van der Waals surface area contributed by atoms with Crippen LogP contribution in [0.25, 0.3) is 0 Å². The van der Waals surface area contributed by atoms with E-state index in [4.69, 9.17) is 4.43 Å². The van der Waals surface area contributed by atoms with Gasteiger partial charge in [-0.05, 0) is 70.5 Å². The van der Waals surface area contributed by atoms with E-state index in [0.717, 1.165) is 6.61 Å². The first kappa shape index (κ1) is 24.4. The Hall–Kier alpha value is -0.603. The van der Waals surface area contributed by atoms with E-state index in [1.54, 1.807) is 0 Å². The van der Waals surface area contributed by atoms with E-state index in [9.17, 15) is 0 Å². The largest absolute Gasteiger partial charge is 0.417 e. The normalized spacial score (nSPS) is 17.6. The Bertz CT molecular complexity index is 489. The standard InChI is InChI=1S/C23H44OSi/c1-12-18(2)13-19(3)14-20(4)15-21(5)16-22(6)17-24-25(10,11)23(7,8)9/h12-14,21-22H,15-17H2,1-11H3/b18-12+,19-13+,20-14+/t21-,22-/m0/s1. The first-order chi connectivity index (χ1) is 11.3. The van der Waals surface area contributed by atoms with Gasteiger partial charge in [0.25, 0.3) is 0 Å². The molecule has 0 aliphatic carbocycles. The summed E-state index contributed by atoms with van der Waals surface area (Å²) in [6.07, 6.45) is 9.14. The highest BCUT2D eigenvalue weighted by atomic mass is 28.4. The molecule has 0 N–H and O–H groups in total. The molecule has 0 heterocycles. The Morgan fingerprint density at radius 3 is 2.00 bits per heavy atom. The summed E-state index contributed by atoms with van der Waals surface area (Å²) in [6, 6.07) is 0. The van der Waals surface area contributed by atoms with Crippen molar-refractivity contribution in [3.8, 4) is 0 Å². The molecule has 0 amide bonds. The zero-order valence-corrected chi connectivity index (χ0v) is 19.9. The Balaban J connectivity index is 4.50. The van der Waals surface area contributed by atoms with Gasteiger partial charge < -0.3 is 4.43 Å². The minimum atomic E-state index is -1.62. The quantitative estimate of drug-likeness (QED) is 0.298. The van der Waals surface area contributed by atoms with Crippen molar-refractivity contribution >= 4 is 8.32 Å². The van der Waals surface area contributed by atoms with E-state index in [1.807, 2.05) is 0 Å². The fourth-order valence-corrected chi connectivity index (χ4v) is 4.02. The smallest absolute Gasteiger partial charge is 0.191 e. The van der Waals surface area contributed by atoms with Gasteiger partial charge in [0.05, 0.1) is 0 Å². The highest BCUT2D eigenvalue weighted by Crippen LogP contribution is 2.37. The Morgan fingerprint density at radius 2 is 1.52 bits per heavy atom. The van der Waals surface area contributed by atoms with Crippen molar-refractivity contribution in [3.05, 3.63) is 34.9 Å². The van der Waals surface area contributed by atoms with Gasteiger partial charge in [-0.3, -0.25) is 0 Å². The molecule has 0 unspecified atom stereocenters. The van der Waals surface area contributed by atoms with E-state index >= 15 is 0 Å². The summed E-state index contributed by atoms with van der Waals surface area (Å²) in [6.45, 7) is 25.9. The lowest BCUT2D eigenvalue weighted by Gasteiger charge is -2.37. The average molecular weight is 365 g/mol. The van der Waals surface area contributed by atoms with Crippen molar-refractivity contribution in [1.82, 2.24) is 0 Å². The van der Waals surface area contributed by atoms with E-state index < -0.39 is 8.32 Å². The zero-order valence-electron chi connectivity index (χ0n) is 18.9. The topological polar surface area (TPSA) is 9.23 Å². The molecule has 0 spiro atoms. The van der Waals surface area contributed by atoms with Crippen LogP contribution in [0.3, 0.4) is 0 Å². The third-order valence-electron chi connectivity index (χ3n) is 5.39. The molecule has 0 saturated heterocycles. The second-order valence-corrected chi connectivity index (χ2v) is 14.4. The predicted octanol–water partition coefficient (Wildman–Crippen LogP) is 7.92. The molecule has 0 aliphatic heterocycles. The van der Waals surface area contributed by atoms with Crippen LogP contribution < -0.4 is 0 Å². The molecule has 0 bridgehead atoms. The molecule has 0 fully saturated rings. The van der Waals surface area contributed by atoms with Crippen molar-refractivity contribution in [1.29, 1.82) is 0 Å². The van der Waals surface area contributed by atoms with E-state index in [1.165, 1.54) is 29.6 Å². The van der Waals surface area contributed by atoms with Crippen LogP contribution in [0, 0.1) is 11.8 Å². The molecule has 0 rings (SSSR count). The summed E-state index contributed by atoms with van der Waals surface area (Å²) in [5.74, 6) is 1.32. The summed E-state index contributed by atoms with van der Waals surface area (Å²) in [5, 5.41) is 0.298. The minimum Gasteiger partial charge on any atom is -0.417 e. The van der Waals surface area contributed by atoms with Gasteiger partial charge in [-0.1, -0.05) is 69.6 Å². The first-order valence-electron chi connectivity index (χ1n) is 9.90. The van der Waals surface area contributed by atoms with Crippen LogP contribution in [-0.2, 0) is 4.43 Å². The molecule has 1 nitrogen and oxygen atoms in total. The Kier molecular flexibility index (Phi) is 10.3. The van der Waals surface area contributed by atoms with Gasteiger partial charge in [-0.15, -0.1) is 0 Å². The van der Waals surface area contributed by atoms with Gasteiger partial charge in [-0.25, -0.2) is 0 Å². The van der Waals surface area contributed by atoms with Crippen LogP contribution in [0.15, 0.2) is 34.9 Å². The molecule has 25 heavy (non-hydrogen) atoms. The van der Waals surface area contributed by atoms with E-state index in [0.29, 0.717) is 16.9 Å². The van der Waals surface area contributed by atoms with Crippen LogP contribution in [0.5, 0.6) is 0 Å². The summed E-state index contributed by atoms with van der Waals surface area (Å²) in [7, 11) is -1.62. The molecule has 2 heteroatoms. The van der Waals surface area contributed by atoms with Crippen LogP contribution in [0.2, 0.25) is 18.1 Å².